The number of terminal acetylenes is 1. The molecule has 0 amide bonds. The number of pyridine rings is 1. The molecule has 0 saturated heterocycles. The van der Waals surface area contributed by atoms with E-state index in [4.69, 9.17) is 6.42 Å². The smallest absolute Gasteiger partial charge is 0.114 e. The van der Waals surface area contributed by atoms with E-state index in [1.54, 1.807) is 6.20 Å². The van der Waals surface area contributed by atoms with E-state index in [1.807, 2.05) is 19.1 Å². The lowest BCUT2D eigenvalue weighted by Crippen LogP contribution is -1.96. The molecule has 0 saturated carbocycles. The first-order valence-electron chi connectivity index (χ1n) is 3.53. The Kier molecular flexibility index (Phi) is 2.51. The summed E-state index contributed by atoms with van der Waals surface area (Å²) in [5, 5.41) is 3.15. The van der Waals surface area contributed by atoms with Crippen LogP contribution in [0.25, 0.3) is 0 Å². The van der Waals surface area contributed by atoms with Crippen molar-refractivity contribution in [2.24, 2.45) is 0 Å². The molecule has 1 aromatic heterocycles. The second-order valence-corrected chi connectivity index (χ2v) is 2.10. The van der Waals surface area contributed by atoms with Crippen LogP contribution >= 0.6 is 0 Å². The first-order valence-corrected chi connectivity index (χ1v) is 3.53. The number of aromatic nitrogens is 1. The summed E-state index contributed by atoms with van der Waals surface area (Å²) in [6.07, 6.45) is 6.88. The lowest BCUT2D eigenvalue weighted by Gasteiger charge is -2.01. The van der Waals surface area contributed by atoms with Gasteiger partial charge in [0.25, 0.3) is 0 Å². The Hall–Kier alpha value is -1.49. The quantitative estimate of drug-likeness (QED) is 0.639. The highest BCUT2D eigenvalue weighted by molar-refractivity contribution is 5.46. The number of hydrogen-bond acceptors (Lipinski definition) is 2. The highest BCUT2D eigenvalue weighted by atomic mass is 14.9. The second-order valence-electron chi connectivity index (χ2n) is 2.10. The first kappa shape index (κ1) is 7.62. The molecule has 1 N–H and O–H groups in total. The minimum atomic E-state index is 0.670. The van der Waals surface area contributed by atoms with Crippen LogP contribution in [0, 0.1) is 12.3 Å². The van der Waals surface area contributed by atoms with Crippen LogP contribution in [-0.2, 0) is 0 Å². The number of nitrogens with one attached hydrogen (secondary N) is 1. The van der Waals surface area contributed by atoms with Crippen molar-refractivity contribution in [2.75, 3.05) is 11.9 Å². The summed E-state index contributed by atoms with van der Waals surface area (Å²) in [5.41, 5.74) is 1.69. The molecule has 2 heteroatoms. The predicted octanol–water partition coefficient (Wildman–Crippen LogP) is 1.49. The van der Waals surface area contributed by atoms with Gasteiger partial charge in [-0.3, -0.25) is 0 Å². The minimum Gasteiger partial charge on any atom is -0.385 e. The SMILES string of the molecule is C#Cc1cc(NCC)ccn1. The third-order valence-electron chi connectivity index (χ3n) is 1.29. The van der Waals surface area contributed by atoms with Crippen LogP contribution < -0.4 is 5.32 Å². The standard InChI is InChI=1S/C9H10N2/c1-3-8-7-9(10-4-2)5-6-11-8/h1,5-7H,4H2,2H3,(H,10,11). The zero-order valence-electron chi connectivity index (χ0n) is 6.46. The molecule has 2 nitrogen and oxygen atoms in total. The molecule has 0 aromatic carbocycles. The van der Waals surface area contributed by atoms with Crippen molar-refractivity contribution in [1.82, 2.24) is 4.98 Å². The largest absolute Gasteiger partial charge is 0.385 e. The molecule has 0 radical (unpaired) electrons. The monoisotopic (exact) mass is 146 g/mol. The van der Waals surface area contributed by atoms with Crippen molar-refractivity contribution in [3.8, 4) is 12.3 Å². The molecular weight excluding hydrogens is 136 g/mol. The molecule has 0 spiro atoms. The highest BCUT2D eigenvalue weighted by Gasteiger charge is 1.90. The van der Waals surface area contributed by atoms with E-state index in [0.29, 0.717) is 5.69 Å². The van der Waals surface area contributed by atoms with E-state index in [9.17, 15) is 0 Å². The van der Waals surface area contributed by atoms with Gasteiger partial charge in [-0.1, -0.05) is 5.92 Å². The fourth-order valence-electron chi connectivity index (χ4n) is 0.824. The molecule has 0 aliphatic heterocycles. The van der Waals surface area contributed by atoms with Crippen molar-refractivity contribution >= 4 is 5.69 Å². The molecular formula is C9H10N2. The lowest BCUT2D eigenvalue weighted by atomic mass is 10.3. The maximum absolute atomic E-state index is 5.17. The summed E-state index contributed by atoms with van der Waals surface area (Å²) in [6.45, 7) is 2.93. The van der Waals surface area contributed by atoms with Gasteiger partial charge >= 0.3 is 0 Å². The third-order valence-corrected chi connectivity index (χ3v) is 1.29. The van der Waals surface area contributed by atoms with Crippen molar-refractivity contribution in [2.45, 2.75) is 6.92 Å². The Morgan fingerprint density at radius 1 is 1.73 bits per heavy atom. The predicted molar refractivity (Wildman–Crippen MR) is 46.3 cm³/mol. The summed E-state index contributed by atoms with van der Waals surface area (Å²) in [5.74, 6) is 2.47. The van der Waals surface area contributed by atoms with E-state index in [2.05, 4.69) is 16.2 Å². The van der Waals surface area contributed by atoms with E-state index >= 15 is 0 Å². The van der Waals surface area contributed by atoms with Gasteiger partial charge in [0.2, 0.25) is 0 Å². The highest BCUT2D eigenvalue weighted by Crippen LogP contribution is 2.05. The van der Waals surface area contributed by atoms with E-state index in [0.717, 1.165) is 12.2 Å². The zero-order valence-corrected chi connectivity index (χ0v) is 6.46. The number of nitrogens with zero attached hydrogens (tertiary/aromatic N) is 1. The van der Waals surface area contributed by atoms with Crippen LogP contribution in [0.5, 0.6) is 0 Å². The van der Waals surface area contributed by atoms with Crippen LogP contribution in [0.3, 0.4) is 0 Å². The lowest BCUT2D eigenvalue weighted by molar-refractivity contribution is 1.19. The van der Waals surface area contributed by atoms with Crippen molar-refractivity contribution in [3.05, 3.63) is 24.0 Å². The fraction of sp³-hybridized carbons (Fsp3) is 0.222. The maximum Gasteiger partial charge on any atom is 0.114 e. The fourth-order valence-corrected chi connectivity index (χ4v) is 0.824. The van der Waals surface area contributed by atoms with Gasteiger partial charge in [-0.15, -0.1) is 6.42 Å². The number of rotatable bonds is 2. The van der Waals surface area contributed by atoms with Gasteiger partial charge in [0.1, 0.15) is 5.69 Å². The van der Waals surface area contributed by atoms with Gasteiger partial charge in [-0.05, 0) is 19.1 Å². The van der Waals surface area contributed by atoms with Crippen LogP contribution in [0.2, 0.25) is 0 Å². The molecule has 0 aliphatic carbocycles. The average molecular weight is 146 g/mol. The Labute approximate surface area is 66.7 Å². The maximum atomic E-state index is 5.17. The first-order chi connectivity index (χ1) is 5.36. The average Bonchev–Trinajstić information content (AvgIpc) is 2.06. The van der Waals surface area contributed by atoms with Gasteiger partial charge in [0, 0.05) is 18.4 Å². The number of anilines is 1. The molecule has 56 valence electrons. The Morgan fingerprint density at radius 3 is 3.18 bits per heavy atom. The van der Waals surface area contributed by atoms with Crippen molar-refractivity contribution in [3.63, 3.8) is 0 Å². The van der Waals surface area contributed by atoms with Gasteiger partial charge in [0.15, 0.2) is 0 Å². The van der Waals surface area contributed by atoms with E-state index in [-0.39, 0.29) is 0 Å². The molecule has 0 fully saturated rings. The summed E-state index contributed by atoms with van der Waals surface area (Å²) in [4.78, 5) is 3.96. The van der Waals surface area contributed by atoms with E-state index < -0.39 is 0 Å². The van der Waals surface area contributed by atoms with Crippen LogP contribution in [0.4, 0.5) is 5.69 Å². The van der Waals surface area contributed by atoms with Crippen LogP contribution in [0.1, 0.15) is 12.6 Å². The van der Waals surface area contributed by atoms with Gasteiger partial charge < -0.3 is 5.32 Å². The molecule has 1 rings (SSSR count). The van der Waals surface area contributed by atoms with Gasteiger partial charge in [-0.25, -0.2) is 4.98 Å². The van der Waals surface area contributed by atoms with Crippen molar-refractivity contribution < 1.29 is 0 Å². The summed E-state index contributed by atoms with van der Waals surface area (Å²) < 4.78 is 0. The molecule has 0 unspecified atom stereocenters. The summed E-state index contributed by atoms with van der Waals surface area (Å²) in [6, 6.07) is 3.74. The molecule has 0 aliphatic rings. The van der Waals surface area contributed by atoms with Crippen molar-refractivity contribution in [1.29, 1.82) is 0 Å². The Morgan fingerprint density at radius 2 is 2.55 bits per heavy atom. The minimum absolute atomic E-state index is 0.670. The Balaban J connectivity index is 2.85. The van der Waals surface area contributed by atoms with Crippen LogP contribution in [-0.4, -0.2) is 11.5 Å². The second kappa shape index (κ2) is 3.62. The van der Waals surface area contributed by atoms with E-state index in [1.165, 1.54) is 0 Å². The Bertz CT molecular complexity index is 273. The molecule has 1 aromatic rings. The topological polar surface area (TPSA) is 24.9 Å². The molecule has 0 bridgehead atoms. The molecule has 1 heterocycles. The van der Waals surface area contributed by atoms with Gasteiger partial charge in [-0.2, -0.15) is 0 Å². The number of hydrogen-bond donors (Lipinski definition) is 1. The van der Waals surface area contributed by atoms with Crippen LogP contribution in [0.15, 0.2) is 18.3 Å². The third kappa shape index (κ3) is 1.98. The summed E-state index contributed by atoms with van der Waals surface area (Å²) >= 11 is 0. The zero-order chi connectivity index (χ0) is 8.10. The summed E-state index contributed by atoms with van der Waals surface area (Å²) in [7, 11) is 0. The molecule has 0 atom stereocenters. The molecule has 11 heavy (non-hydrogen) atoms. The van der Waals surface area contributed by atoms with Gasteiger partial charge in [0.05, 0.1) is 0 Å². The normalized spacial score (nSPS) is 8.73.